The van der Waals surface area contributed by atoms with Gasteiger partial charge in [-0.1, -0.05) is 0 Å². The highest BCUT2D eigenvalue weighted by atomic mass is 16.7. The Hall–Kier alpha value is -0.0301. The molecule has 0 amide bonds. The Morgan fingerprint density at radius 3 is 1.36 bits per heavy atom. The fourth-order valence-electron chi connectivity index (χ4n) is 1.60. The summed E-state index contributed by atoms with van der Waals surface area (Å²) in [5.41, 5.74) is -0.464. The smallest absolute Gasteiger partial charge is 0.410 e. The van der Waals surface area contributed by atoms with E-state index >= 15 is 0 Å². The van der Waals surface area contributed by atoms with E-state index < -0.39 is 0 Å². The summed E-state index contributed by atoms with van der Waals surface area (Å²) in [5, 5.41) is 0. The largest absolute Gasteiger partial charge is 0.488 e. The van der Waals surface area contributed by atoms with Crippen molar-refractivity contribution >= 4 is 14.0 Å². The Morgan fingerprint density at radius 2 is 1.14 bits per heavy atom. The van der Waals surface area contributed by atoms with Crippen molar-refractivity contribution in [3.63, 3.8) is 0 Å². The highest BCUT2D eigenvalue weighted by Crippen LogP contribution is 2.27. The molecular weight excluding hydrogens is 182 g/mol. The van der Waals surface area contributed by atoms with Crippen LogP contribution in [0.3, 0.4) is 0 Å². The van der Waals surface area contributed by atoms with Crippen molar-refractivity contribution in [2.75, 3.05) is 13.2 Å². The number of hydrogen-bond acceptors (Lipinski definition) is 4. The molecule has 4 nitrogen and oxygen atoms in total. The predicted molar refractivity (Wildman–Crippen MR) is 53.7 cm³/mol. The van der Waals surface area contributed by atoms with Crippen LogP contribution in [0, 0.1) is 0 Å². The van der Waals surface area contributed by atoms with Crippen LogP contribution in [0.15, 0.2) is 0 Å². The second kappa shape index (κ2) is 3.23. The molecule has 2 heterocycles. The first-order chi connectivity index (χ1) is 6.38. The zero-order chi connectivity index (χ0) is 10.4. The van der Waals surface area contributed by atoms with E-state index in [4.69, 9.17) is 18.6 Å². The fourth-order valence-corrected chi connectivity index (χ4v) is 1.60. The van der Waals surface area contributed by atoms with Gasteiger partial charge < -0.3 is 18.6 Å². The van der Waals surface area contributed by atoms with Crippen molar-refractivity contribution in [2.45, 2.75) is 38.9 Å². The van der Waals surface area contributed by atoms with Gasteiger partial charge in [-0.15, -0.1) is 0 Å². The maximum Gasteiger partial charge on any atom is 0.488 e. The molecule has 0 spiro atoms. The van der Waals surface area contributed by atoms with E-state index in [2.05, 4.69) is 0 Å². The Labute approximate surface area is 85.5 Å². The van der Waals surface area contributed by atoms with Gasteiger partial charge >= 0.3 is 14.0 Å². The second-order valence-electron chi connectivity index (χ2n) is 5.11. The monoisotopic (exact) mass is 198 g/mol. The molecule has 0 aliphatic carbocycles. The second-order valence-corrected chi connectivity index (χ2v) is 5.11. The van der Waals surface area contributed by atoms with E-state index in [-0.39, 0.29) is 25.2 Å². The average molecular weight is 198 g/mol. The summed E-state index contributed by atoms with van der Waals surface area (Å²) in [5.74, 6) is 0. The SMILES string of the molecule is CC1(C)COB(B2OCC(C)(C)O2)O1. The van der Waals surface area contributed by atoms with Crippen molar-refractivity contribution in [3.05, 3.63) is 0 Å². The highest BCUT2D eigenvalue weighted by molar-refractivity contribution is 7.11. The third kappa shape index (κ3) is 2.14. The van der Waals surface area contributed by atoms with Crippen molar-refractivity contribution in [2.24, 2.45) is 0 Å². The maximum absolute atomic E-state index is 5.65. The van der Waals surface area contributed by atoms with Gasteiger partial charge in [-0.3, -0.25) is 0 Å². The molecule has 14 heavy (non-hydrogen) atoms. The summed E-state index contributed by atoms with van der Waals surface area (Å²) >= 11 is 0. The summed E-state index contributed by atoms with van der Waals surface area (Å²) in [6, 6.07) is 0. The Morgan fingerprint density at radius 1 is 0.786 bits per heavy atom. The molecule has 6 heteroatoms. The van der Waals surface area contributed by atoms with Crippen molar-refractivity contribution in [1.29, 1.82) is 0 Å². The van der Waals surface area contributed by atoms with E-state index in [1.807, 2.05) is 27.7 Å². The van der Waals surface area contributed by atoms with E-state index in [0.29, 0.717) is 13.2 Å². The lowest BCUT2D eigenvalue weighted by Crippen LogP contribution is -2.41. The van der Waals surface area contributed by atoms with Crippen LogP contribution in [-0.4, -0.2) is 38.4 Å². The predicted octanol–water partition coefficient (Wildman–Crippen LogP) is 0.692. The molecule has 2 saturated heterocycles. The van der Waals surface area contributed by atoms with E-state index in [1.165, 1.54) is 0 Å². The van der Waals surface area contributed by atoms with Crippen molar-refractivity contribution in [1.82, 2.24) is 0 Å². The molecule has 0 N–H and O–H groups in total. The first-order valence-electron chi connectivity index (χ1n) is 4.97. The van der Waals surface area contributed by atoms with E-state index in [1.54, 1.807) is 0 Å². The molecule has 2 aliphatic heterocycles. The van der Waals surface area contributed by atoms with Crippen molar-refractivity contribution < 1.29 is 18.6 Å². The lowest BCUT2D eigenvalue weighted by Gasteiger charge is -2.18. The molecule has 0 saturated carbocycles. The van der Waals surface area contributed by atoms with Crippen LogP contribution in [0.25, 0.3) is 0 Å². The highest BCUT2D eigenvalue weighted by Gasteiger charge is 2.53. The molecule has 0 bridgehead atoms. The molecule has 0 radical (unpaired) electrons. The summed E-state index contributed by atoms with van der Waals surface area (Å²) in [7, 11) is -0.765. The standard InChI is InChI=1S/C8H16B2O4/c1-7(2)5-11-9(13-7)10-12-6-8(3,4)14-10/h5-6H2,1-4H3. The van der Waals surface area contributed by atoms with Crippen LogP contribution >= 0.6 is 0 Å². The van der Waals surface area contributed by atoms with Gasteiger partial charge in [0.2, 0.25) is 0 Å². The van der Waals surface area contributed by atoms with Gasteiger partial charge in [0.25, 0.3) is 0 Å². The average Bonchev–Trinajstić information content (AvgIpc) is 2.54. The van der Waals surface area contributed by atoms with Crippen LogP contribution in [-0.2, 0) is 18.6 Å². The van der Waals surface area contributed by atoms with Crippen LogP contribution < -0.4 is 0 Å². The van der Waals surface area contributed by atoms with Gasteiger partial charge in [-0.05, 0) is 27.7 Å². The van der Waals surface area contributed by atoms with Gasteiger partial charge in [0.05, 0.1) is 24.4 Å². The van der Waals surface area contributed by atoms with Gasteiger partial charge in [0.1, 0.15) is 0 Å². The summed E-state index contributed by atoms with van der Waals surface area (Å²) in [6.45, 7) is 9.14. The maximum atomic E-state index is 5.65. The van der Waals surface area contributed by atoms with Crippen molar-refractivity contribution in [3.8, 4) is 0 Å². The minimum Gasteiger partial charge on any atom is -0.410 e. The topological polar surface area (TPSA) is 36.9 Å². The molecule has 0 aromatic carbocycles. The molecule has 2 fully saturated rings. The van der Waals surface area contributed by atoms with E-state index in [9.17, 15) is 0 Å². The summed E-state index contributed by atoms with van der Waals surface area (Å²) in [6.07, 6.45) is 0. The third-order valence-electron chi connectivity index (χ3n) is 2.28. The number of rotatable bonds is 1. The molecule has 2 aliphatic rings. The minimum atomic E-state index is -0.383. The number of hydrogen-bond donors (Lipinski definition) is 0. The molecule has 0 unspecified atom stereocenters. The third-order valence-corrected chi connectivity index (χ3v) is 2.28. The quantitative estimate of drug-likeness (QED) is 0.580. The van der Waals surface area contributed by atoms with Gasteiger partial charge in [0.15, 0.2) is 0 Å². The zero-order valence-electron chi connectivity index (χ0n) is 9.20. The minimum absolute atomic E-state index is 0.232. The molecule has 0 aromatic heterocycles. The Balaban J connectivity index is 1.93. The lowest BCUT2D eigenvalue weighted by atomic mass is 9.49. The molecule has 0 atom stereocenters. The first kappa shape index (κ1) is 10.5. The zero-order valence-corrected chi connectivity index (χ0v) is 9.20. The van der Waals surface area contributed by atoms with Crippen LogP contribution in [0.2, 0.25) is 0 Å². The Bertz CT molecular complexity index is 207. The molecule has 78 valence electrons. The summed E-state index contributed by atoms with van der Waals surface area (Å²) < 4.78 is 22.3. The van der Waals surface area contributed by atoms with E-state index in [0.717, 1.165) is 0 Å². The normalized spacial score (nSPS) is 30.0. The van der Waals surface area contributed by atoms with Crippen LogP contribution in [0.1, 0.15) is 27.7 Å². The fraction of sp³-hybridized carbons (Fsp3) is 1.00. The molecule has 2 rings (SSSR count). The van der Waals surface area contributed by atoms with Crippen LogP contribution in [0.5, 0.6) is 0 Å². The first-order valence-corrected chi connectivity index (χ1v) is 4.97. The summed E-state index contributed by atoms with van der Waals surface area (Å²) in [4.78, 5) is 0. The lowest BCUT2D eigenvalue weighted by molar-refractivity contribution is 0.130. The molecular formula is C8H16B2O4. The van der Waals surface area contributed by atoms with Crippen LogP contribution in [0.4, 0.5) is 0 Å². The van der Waals surface area contributed by atoms with Gasteiger partial charge in [0, 0.05) is 0 Å². The molecule has 0 aromatic rings. The Kier molecular flexibility index (Phi) is 2.42. The van der Waals surface area contributed by atoms with Gasteiger partial charge in [-0.2, -0.15) is 0 Å². The van der Waals surface area contributed by atoms with Gasteiger partial charge in [-0.25, -0.2) is 0 Å².